The summed E-state index contributed by atoms with van der Waals surface area (Å²) in [5.74, 6) is -1.93. The van der Waals surface area contributed by atoms with Gasteiger partial charge >= 0.3 is 6.18 Å². The molecule has 1 aliphatic carbocycles. The van der Waals surface area contributed by atoms with Crippen LogP contribution in [0, 0.1) is 34.2 Å². The Morgan fingerprint density at radius 3 is 2.33 bits per heavy atom. The van der Waals surface area contributed by atoms with Gasteiger partial charge in [-0.2, -0.15) is 18.4 Å². The van der Waals surface area contributed by atoms with Crippen LogP contribution in [0.1, 0.15) is 83.2 Å². The van der Waals surface area contributed by atoms with E-state index in [1.165, 1.54) is 24.3 Å². The van der Waals surface area contributed by atoms with E-state index in [1.807, 2.05) is 0 Å². The average molecular weight is 548 g/mol. The molecule has 0 aromatic heterocycles. The fourth-order valence-electron chi connectivity index (χ4n) is 6.48. The third-order valence-corrected chi connectivity index (χ3v) is 8.23. The second kappa shape index (κ2) is 11.2. The molecule has 0 spiro atoms. The monoisotopic (exact) mass is 547 g/mol. The number of amides is 1. The number of quaternary nitrogens is 1. The molecule has 6 unspecified atom stereocenters. The minimum atomic E-state index is -4.73. The molecular formula is C28H29F4N3O4. The van der Waals surface area contributed by atoms with Crippen LogP contribution in [0.5, 0.6) is 0 Å². The SMILES string of the molecule is N#Cc1ccc(C2C3CCCCC3C(c3ccc(C(=O)NOCC4CCCO4)c(F)c3)[NH+]2[O-])cc1C(F)(F)F. The fourth-order valence-corrected chi connectivity index (χ4v) is 6.48. The van der Waals surface area contributed by atoms with Crippen LogP contribution >= 0.6 is 0 Å². The predicted molar refractivity (Wildman–Crippen MR) is 130 cm³/mol. The summed E-state index contributed by atoms with van der Waals surface area (Å²) in [6.07, 6.45) is -0.0480. The van der Waals surface area contributed by atoms with Crippen molar-refractivity contribution in [3.05, 3.63) is 75.2 Å². The van der Waals surface area contributed by atoms with Crippen LogP contribution in [0.15, 0.2) is 36.4 Å². The van der Waals surface area contributed by atoms with Gasteiger partial charge in [0.1, 0.15) is 24.5 Å². The third kappa shape index (κ3) is 5.52. The number of fused-ring (bicyclic) bond motifs is 1. The molecule has 7 nitrogen and oxygen atoms in total. The van der Waals surface area contributed by atoms with E-state index in [-0.39, 0.29) is 40.7 Å². The Balaban J connectivity index is 1.39. The molecule has 2 saturated heterocycles. The first-order valence-corrected chi connectivity index (χ1v) is 13.2. The topological polar surface area (TPSA) is 98.9 Å². The molecule has 208 valence electrons. The van der Waals surface area contributed by atoms with E-state index in [1.54, 1.807) is 6.07 Å². The number of alkyl halides is 3. The van der Waals surface area contributed by atoms with Crippen molar-refractivity contribution in [3.8, 4) is 6.07 Å². The van der Waals surface area contributed by atoms with Crippen molar-refractivity contribution in [2.24, 2.45) is 11.8 Å². The Labute approximate surface area is 223 Å². The highest BCUT2D eigenvalue weighted by molar-refractivity contribution is 5.93. The molecule has 2 heterocycles. The lowest BCUT2D eigenvalue weighted by molar-refractivity contribution is -0.902. The first kappa shape index (κ1) is 27.5. The van der Waals surface area contributed by atoms with Crippen LogP contribution in [0.25, 0.3) is 0 Å². The number of rotatable bonds is 6. The lowest BCUT2D eigenvalue weighted by atomic mass is 9.73. The van der Waals surface area contributed by atoms with E-state index in [0.717, 1.165) is 37.8 Å². The van der Waals surface area contributed by atoms with Gasteiger partial charge in [-0.3, -0.25) is 9.63 Å². The number of hydrogen-bond acceptors (Lipinski definition) is 5. The van der Waals surface area contributed by atoms with Crippen molar-refractivity contribution in [1.29, 1.82) is 5.26 Å². The van der Waals surface area contributed by atoms with Crippen LogP contribution in [0.2, 0.25) is 0 Å². The molecular weight excluding hydrogens is 518 g/mol. The number of carbonyl (C=O) groups is 1. The van der Waals surface area contributed by atoms with E-state index in [2.05, 4.69) is 5.48 Å². The summed E-state index contributed by atoms with van der Waals surface area (Å²) in [6.45, 7) is 0.785. The zero-order chi connectivity index (χ0) is 27.7. The molecule has 6 atom stereocenters. The van der Waals surface area contributed by atoms with Gasteiger partial charge in [0, 0.05) is 29.6 Å². The summed E-state index contributed by atoms with van der Waals surface area (Å²) in [4.78, 5) is 17.6. The van der Waals surface area contributed by atoms with Gasteiger partial charge in [0.05, 0.1) is 28.9 Å². The molecule has 3 aliphatic rings. The Kier molecular flexibility index (Phi) is 7.91. The number of nitriles is 1. The van der Waals surface area contributed by atoms with Crippen LogP contribution in [0.3, 0.4) is 0 Å². The third-order valence-electron chi connectivity index (χ3n) is 8.23. The van der Waals surface area contributed by atoms with Gasteiger partial charge in [-0.25, -0.2) is 9.87 Å². The van der Waals surface area contributed by atoms with E-state index in [0.29, 0.717) is 25.0 Å². The maximum absolute atomic E-state index is 15.1. The molecule has 5 rings (SSSR count). The zero-order valence-electron chi connectivity index (χ0n) is 21.1. The number of nitrogens with zero attached hydrogens (tertiary/aromatic N) is 1. The van der Waals surface area contributed by atoms with Crippen molar-refractivity contribution >= 4 is 5.91 Å². The lowest BCUT2D eigenvalue weighted by Crippen LogP contribution is -3.06. The van der Waals surface area contributed by atoms with Crippen molar-refractivity contribution in [3.63, 3.8) is 0 Å². The van der Waals surface area contributed by atoms with Crippen LogP contribution in [0.4, 0.5) is 17.6 Å². The molecule has 2 aliphatic heterocycles. The number of hydrogen-bond donors (Lipinski definition) is 2. The number of hydroxylamine groups is 3. The summed E-state index contributed by atoms with van der Waals surface area (Å²) >= 11 is 0. The van der Waals surface area contributed by atoms with Crippen LogP contribution in [-0.2, 0) is 15.8 Å². The van der Waals surface area contributed by atoms with E-state index < -0.39 is 41.1 Å². The Hall–Kier alpha value is -3.04. The fraction of sp³-hybridized carbons (Fsp3) is 0.500. The Morgan fingerprint density at radius 2 is 1.74 bits per heavy atom. The molecule has 0 bridgehead atoms. The normalized spacial score (nSPS) is 28.6. The minimum absolute atomic E-state index is 0.120. The van der Waals surface area contributed by atoms with E-state index in [4.69, 9.17) is 14.8 Å². The van der Waals surface area contributed by atoms with Crippen molar-refractivity contribution in [2.75, 3.05) is 13.2 Å². The first-order chi connectivity index (χ1) is 18.7. The van der Waals surface area contributed by atoms with Crippen molar-refractivity contribution in [2.45, 2.75) is 62.9 Å². The molecule has 3 fully saturated rings. The summed E-state index contributed by atoms with van der Waals surface area (Å²) in [6, 6.07) is 7.56. The summed E-state index contributed by atoms with van der Waals surface area (Å²) in [7, 11) is 0. The molecule has 2 N–H and O–H groups in total. The first-order valence-electron chi connectivity index (χ1n) is 13.2. The highest BCUT2D eigenvalue weighted by atomic mass is 19.4. The maximum Gasteiger partial charge on any atom is 0.417 e. The Morgan fingerprint density at radius 1 is 1.08 bits per heavy atom. The molecule has 2 aromatic rings. The highest BCUT2D eigenvalue weighted by Gasteiger charge is 2.52. The quantitative estimate of drug-likeness (QED) is 0.314. The smallest absolute Gasteiger partial charge is 0.417 e. The Bertz CT molecular complexity index is 1260. The molecule has 11 heteroatoms. The summed E-state index contributed by atoms with van der Waals surface area (Å²) in [5, 5.41) is 22.7. The summed E-state index contributed by atoms with van der Waals surface area (Å²) in [5.41, 5.74) is 1.06. The second-order valence-corrected chi connectivity index (χ2v) is 10.5. The van der Waals surface area contributed by atoms with Gasteiger partial charge in [0.2, 0.25) is 0 Å². The molecule has 2 aromatic carbocycles. The van der Waals surface area contributed by atoms with Gasteiger partial charge in [0.15, 0.2) is 0 Å². The van der Waals surface area contributed by atoms with Crippen molar-refractivity contribution < 1.29 is 37.0 Å². The van der Waals surface area contributed by atoms with Gasteiger partial charge in [0.25, 0.3) is 5.91 Å². The van der Waals surface area contributed by atoms with E-state index in [9.17, 15) is 23.2 Å². The van der Waals surface area contributed by atoms with Crippen LogP contribution < -0.4 is 10.5 Å². The zero-order valence-corrected chi connectivity index (χ0v) is 21.1. The highest BCUT2D eigenvalue weighted by Crippen LogP contribution is 2.48. The predicted octanol–water partition coefficient (Wildman–Crippen LogP) is 4.54. The number of ether oxygens (including phenoxy) is 1. The minimum Gasteiger partial charge on any atom is -0.633 e. The number of halogens is 4. The molecule has 39 heavy (non-hydrogen) atoms. The van der Waals surface area contributed by atoms with Gasteiger partial charge in [-0.05, 0) is 49.9 Å². The average Bonchev–Trinajstić information content (AvgIpc) is 3.53. The van der Waals surface area contributed by atoms with Gasteiger partial charge < -0.3 is 15.0 Å². The van der Waals surface area contributed by atoms with Gasteiger partial charge in [-0.1, -0.05) is 25.0 Å². The molecule has 1 amide bonds. The second-order valence-electron chi connectivity index (χ2n) is 10.5. The number of benzene rings is 2. The van der Waals surface area contributed by atoms with Gasteiger partial charge in [-0.15, -0.1) is 0 Å². The molecule has 1 saturated carbocycles. The molecule has 0 radical (unpaired) electrons. The van der Waals surface area contributed by atoms with E-state index >= 15 is 4.39 Å². The standard InChI is InChI=1S/C28H29F4N3O4/c29-24-13-17(9-10-22(24)27(36)34-39-15-19-4-3-11-38-19)26-21-6-2-1-5-20(21)25(35(26)37)16-7-8-18(14-33)23(12-16)28(30,31)32/h7-10,12-13,19-21,25-26,35H,1-6,11,15H2,(H,34,36). The number of carbonyl (C=O) groups excluding carboxylic acids is 1. The summed E-state index contributed by atoms with van der Waals surface area (Å²) < 4.78 is 61.5. The largest absolute Gasteiger partial charge is 0.633 e. The lowest BCUT2D eigenvalue weighted by Gasteiger charge is -2.32. The number of nitrogens with one attached hydrogen (secondary N) is 2. The van der Waals surface area contributed by atoms with Crippen molar-refractivity contribution in [1.82, 2.24) is 5.48 Å². The van der Waals surface area contributed by atoms with Crippen LogP contribution in [-0.4, -0.2) is 25.2 Å². The maximum atomic E-state index is 15.1.